The average Bonchev–Trinajstić information content (AvgIpc) is 2.45. The third-order valence-electron chi connectivity index (χ3n) is 3.80. The molecule has 1 heterocycles. The molecule has 0 N–H and O–H groups in total. The zero-order chi connectivity index (χ0) is 15.5. The van der Waals surface area contributed by atoms with E-state index >= 15 is 0 Å². The van der Waals surface area contributed by atoms with Gasteiger partial charge in [0.15, 0.2) is 0 Å². The van der Waals surface area contributed by atoms with Crippen LogP contribution in [0.1, 0.15) is 24.9 Å². The van der Waals surface area contributed by atoms with Crippen molar-refractivity contribution in [3.05, 3.63) is 35.9 Å². The molecule has 0 aromatic heterocycles. The Labute approximate surface area is 122 Å². The molecule has 3 nitrogen and oxygen atoms in total. The second-order valence-corrected chi connectivity index (χ2v) is 5.29. The molecule has 0 aliphatic carbocycles. The fourth-order valence-corrected chi connectivity index (χ4v) is 2.64. The van der Waals surface area contributed by atoms with Gasteiger partial charge in [-0.15, -0.1) is 0 Å². The molecule has 0 saturated carbocycles. The molecule has 2 rings (SSSR count). The lowest BCUT2D eigenvalue weighted by atomic mass is 10.0. The number of carbonyl (C=O) groups excluding carboxylic acids is 1. The Morgan fingerprint density at radius 1 is 1.24 bits per heavy atom. The largest absolute Gasteiger partial charge is 0.390 e. The number of piperazine rings is 1. The van der Waals surface area contributed by atoms with E-state index in [1.165, 1.54) is 6.92 Å². The van der Waals surface area contributed by atoms with Crippen LogP contribution in [-0.2, 0) is 4.79 Å². The fourth-order valence-electron chi connectivity index (χ4n) is 2.64. The summed E-state index contributed by atoms with van der Waals surface area (Å²) in [5, 5.41) is 0. The van der Waals surface area contributed by atoms with Gasteiger partial charge in [-0.1, -0.05) is 30.3 Å². The van der Waals surface area contributed by atoms with E-state index in [1.54, 1.807) is 4.90 Å². The third-order valence-corrected chi connectivity index (χ3v) is 3.80. The lowest BCUT2D eigenvalue weighted by Crippen LogP contribution is -2.50. The van der Waals surface area contributed by atoms with Gasteiger partial charge >= 0.3 is 6.18 Å². The van der Waals surface area contributed by atoms with E-state index in [1.807, 2.05) is 35.2 Å². The summed E-state index contributed by atoms with van der Waals surface area (Å²) in [7, 11) is 0. The van der Waals surface area contributed by atoms with Crippen molar-refractivity contribution in [1.82, 2.24) is 9.80 Å². The molecule has 1 saturated heterocycles. The minimum Gasteiger partial charge on any atom is -0.340 e. The van der Waals surface area contributed by atoms with Crippen LogP contribution in [0.15, 0.2) is 30.3 Å². The van der Waals surface area contributed by atoms with Crippen molar-refractivity contribution in [3.63, 3.8) is 0 Å². The summed E-state index contributed by atoms with van der Waals surface area (Å²) in [4.78, 5) is 15.0. The normalized spacial score (nSPS) is 20.6. The number of nitrogens with zero attached hydrogens (tertiary/aromatic N) is 2. The van der Waals surface area contributed by atoms with Gasteiger partial charge in [-0.25, -0.2) is 0 Å². The quantitative estimate of drug-likeness (QED) is 0.857. The Hall–Kier alpha value is -1.56. The fraction of sp³-hybridized carbons (Fsp3) is 0.533. The standard InChI is InChI=1S/C15H19F3N2O/c1-12(21)20-10-9-19(8-7-15(16,17)18)14(11-20)13-5-3-2-4-6-13/h2-6,14H,7-11H2,1H3/t14-/m1/s1. The maximum atomic E-state index is 12.5. The number of hydrogen-bond donors (Lipinski definition) is 0. The van der Waals surface area contributed by atoms with Crippen molar-refractivity contribution < 1.29 is 18.0 Å². The van der Waals surface area contributed by atoms with Crippen molar-refractivity contribution in [2.24, 2.45) is 0 Å². The molecular formula is C15H19F3N2O. The molecule has 1 amide bonds. The topological polar surface area (TPSA) is 23.6 Å². The summed E-state index contributed by atoms with van der Waals surface area (Å²) < 4.78 is 37.4. The molecule has 0 unspecified atom stereocenters. The second-order valence-electron chi connectivity index (χ2n) is 5.29. The van der Waals surface area contributed by atoms with Crippen LogP contribution >= 0.6 is 0 Å². The molecule has 0 spiro atoms. The Bertz CT molecular complexity index is 476. The second kappa shape index (κ2) is 6.47. The lowest BCUT2D eigenvalue weighted by molar-refractivity contribution is -0.143. The minimum absolute atomic E-state index is 0.0329. The van der Waals surface area contributed by atoms with Gasteiger partial charge in [0.25, 0.3) is 0 Å². The van der Waals surface area contributed by atoms with Crippen molar-refractivity contribution in [3.8, 4) is 0 Å². The van der Waals surface area contributed by atoms with Gasteiger partial charge in [0, 0.05) is 33.1 Å². The predicted molar refractivity (Wildman–Crippen MR) is 73.7 cm³/mol. The van der Waals surface area contributed by atoms with Crippen LogP contribution in [0.2, 0.25) is 0 Å². The number of carbonyl (C=O) groups is 1. The highest BCUT2D eigenvalue weighted by Crippen LogP contribution is 2.28. The first kappa shape index (κ1) is 15.8. The van der Waals surface area contributed by atoms with Crippen molar-refractivity contribution in [2.75, 3.05) is 26.2 Å². The lowest BCUT2D eigenvalue weighted by Gasteiger charge is -2.41. The molecule has 1 aliphatic rings. The van der Waals surface area contributed by atoms with Crippen LogP contribution in [-0.4, -0.2) is 48.1 Å². The maximum absolute atomic E-state index is 12.5. The number of amides is 1. The van der Waals surface area contributed by atoms with Gasteiger partial charge in [-0.05, 0) is 5.56 Å². The Morgan fingerprint density at radius 2 is 1.90 bits per heavy atom. The molecule has 1 atom stereocenters. The summed E-state index contributed by atoms with van der Waals surface area (Å²) in [6.45, 7) is 2.85. The summed E-state index contributed by atoms with van der Waals surface area (Å²) in [6.07, 6.45) is -4.98. The summed E-state index contributed by atoms with van der Waals surface area (Å²) in [5.74, 6) is -0.0357. The van der Waals surface area contributed by atoms with Crippen LogP contribution in [0.5, 0.6) is 0 Å². The van der Waals surface area contributed by atoms with Crippen molar-refractivity contribution >= 4 is 5.91 Å². The average molecular weight is 300 g/mol. The number of hydrogen-bond acceptors (Lipinski definition) is 2. The number of rotatable bonds is 3. The first-order chi connectivity index (χ1) is 9.87. The van der Waals surface area contributed by atoms with Gasteiger partial charge in [-0.3, -0.25) is 9.69 Å². The van der Waals surface area contributed by atoms with E-state index in [9.17, 15) is 18.0 Å². The maximum Gasteiger partial charge on any atom is 0.390 e. The van der Waals surface area contributed by atoms with Crippen LogP contribution in [0.25, 0.3) is 0 Å². The molecule has 21 heavy (non-hydrogen) atoms. The van der Waals surface area contributed by atoms with Crippen LogP contribution in [0.4, 0.5) is 13.2 Å². The van der Waals surface area contributed by atoms with Crippen LogP contribution in [0.3, 0.4) is 0 Å². The molecule has 0 radical (unpaired) electrons. The monoisotopic (exact) mass is 300 g/mol. The molecular weight excluding hydrogens is 281 g/mol. The highest BCUT2D eigenvalue weighted by Gasteiger charge is 2.33. The van der Waals surface area contributed by atoms with Gasteiger partial charge in [0.05, 0.1) is 12.5 Å². The van der Waals surface area contributed by atoms with Crippen LogP contribution < -0.4 is 0 Å². The highest BCUT2D eigenvalue weighted by atomic mass is 19.4. The number of halogens is 3. The molecule has 0 bridgehead atoms. The van der Waals surface area contributed by atoms with Gasteiger partial charge in [0.1, 0.15) is 0 Å². The highest BCUT2D eigenvalue weighted by molar-refractivity contribution is 5.73. The smallest absolute Gasteiger partial charge is 0.340 e. The summed E-state index contributed by atoms with van der Waals surface area (Å²) >= 11 is 0. The van der Waals surface area contributed by atoms with Gasteiger partial charge in [-0.2, -0.15) is 13.2 Å². The Balaban J connectivity index is 2.13. The van der Waals surface area contributed by atoms with Crippen LogP contribution in [0, 0.1) is 0 Å². The molecule has 1 aromatic rings. The summed E-state index contributed by atoms with van der Waals surface area (Å²) in [5.41, 5.74) is 0.950. The zero-order valence-corrected chi connectivity index (χ0v) is 11.9. The SMILES string of the molecule is CC(=O)N1CCN(CCC(F)(F)F)[C@@H](c2ccccc2)C1. The van der Waals surface area contributed by atoms with E-state index in [2.05, 4.69) is 0 Å². The van der Waals surface area contributed by atoms with Crippen molar-refractivity contribution in [2.45, 2.75) is 25.6 Å². The number of benzene rings is 1. The summed E-state index contributed by atoms with van der Waals surface area (Å²) in [6, 6.07) is 9.22. The van der Waals surface area contributed by atoms with E-state index in [0.717, 1.165) is 5.56 Å². The van der Waals surface area contributed by atoms with E-state index in [-0.39, 0.29) is 18.5 Å². The van der Waals surface area contributed by atoms with E-state index in [4.69, 9.17) is 0 Å². The molecule has 1 fully saturated rings. The minimum atomic E-state index is -4.15. The first-order valence-corrected chi connectivity index (χ1v) is 6.98. The molecule has 6 heteroatoms. The molecule has 116 valence electrons. The molecule has 1 aliphatic heterocycles. The van der Waals surface area contributed by atoms with Crippen molar-refractivity contribution in [1.29, 1.82) is 0 Å². The zero-order valence-electron chi connectivity index (χ0n) is 11.9. The Kier molecular flexibility index (Phi) is 4.88. The van der Waals surface area contributed by atoms with Gasteiger partial charge < -0.3 is 4.90 Å². The van der Waals surface area contributed by atoms with E-state index in [0.29, 0.717) is 19.6 Å². The third kappa shape index (κ3) is 4.46. The number of alkyl halides is 3. The van der Waals surface area contributed by atoms with E-state index < -0.39 is 12.6 Å². The first-order valence-electron chi connectivity index (χ1n) is 6.98. The van der Waals surface area contributed by atoms with Gasteiger partial charge in [0.2, 0.25) is 5.91 Å². The predicted octanol–water partition coefficient (Wildman–Crippen LogP) is 2.84. The molecule has 1 aromatic carbocycles. The Morgan fingerprint density at radius 3 is 2.48 bits per heavy atom.